The lowest BCUT2D eigenvalue weighted by Crippen LogP contribution is -1.92. The SMILES string of the molecule is Oc1c(F)cc(-c2cccc(-c3csc(Nc4ccccc4F)n3)c2)cc1F. The number of aromatic hydroxyl groups is 1. The van der Waals surface area contributed by atoms with Gasteiger partial charge in [0, 0.05) is 10.9 Å². The monoisotopic (exact) mass is 398 g/mol. The molecule has 7 heteroatoms. The van der Waals surface area contributed by atoms with Crippen LogP contribution in [0.2, 0.25) is 0 Å². The third-order valence-electron chi connectivity index (χ3n) is 4.13. The average Bonchev–Trinajstić information content (AvgIpc) is 3.16. The highest BCUT2D eigenvalue weighted by molar-refractivity contribution is 7.14. The summed E-state index contributed by atoms with van der Waals surface area (Å²) in [7, 11) is 0. The summed E-state index contributed by atoms with van der Waals surface area (Å²) in [5, 5.41) is 14.5. The van der Waals surface area contributed by atoms with Crippen LogP contribution in [0.1, 0.15) is 0 Å². The number of anilines is 2. The van der Waals surface area contributed by atoms with Crippen molar-refractivity contribution in [2.75, 3.05) is 5.32 Å². The van der Waals surface area contributed by atoms with Crippen molar-refractivity contribution in [1.82, 2.24) is 4.98 Å². The molecule has 0 aliphatic carbocycles. The van der Waals surface area contributed by atoms with Gasteiger partial charge in [0.25, 0.3) is 0 Å². The minimum absolute atomic E-state index is 0.301. The molecule has 3 aromatic carbocycles. The second-order valence-electron chi connectivity index (χ2n) is 6.01. The largest absolute Gasteiger partial charge is 0.503 e. The first-order chi connectivity index (χ1) is 13.5. The number of aromatic nitrogens is 1. The number of thiazole rings is 1. The van der Waals surface area contributed by atoms with Gasteiger partial charge in [0.15, 0.2) is 22.5 Å². The van der Waals surface area contributed by atoms with Crippen LogP contribution in [0.3, 0.4) is 0 Å². The molecule has 0 fully saturated rings. The molecule has 2 N–H and O–H groups in total. The summed E-state index contributed by atoms with van der Waals surface area (Å²) in [6.45, 7) is 0. The topological polar surface area (TPSA) is 45.1 Å². The normalized spacial score (nSPS) is 10.8. The van der Waals surface area contributed by atoms with Crippen LogP contribution in [-0.2, 0) is 0 Å². The number of para-hydroxylation sites is 1. The summed E-state index contributed by atoms with van der Waals surface area (Å²) in [6.07, 6.45) is 0. The molecule has 0 bridgehead atoms. The molecule has 140 valence electrons. The molecule has 0 radical (unpaired) electrons. The quantitative estimate of drug-likeness (QED) is 0.421. The van der Waals surface area contributed by atoms with E-state index in [4.69, 9.17) is 0 Å². The number of nitrogens with one attached hydrogen (secondary N) is 1. The lowest BCUT2D eigenvalue weighted by molar-refractivity contribution is 0.396. The first-order valence-corrected chi connectivity index (χ1v) is 9.15. The van der Waals surface area contributed by atoms with Crippen LogP contribution in [-0.4, -0.2) is 10.1 Å². The van der Waals surface area contributed by atoms with Crippen molar-refractivity contribution < 1.29 is 18.3 Å². The Morgan fingerprint density at radius 1 is 0.786 bits per heavy atom. The zero-order valence-corrected chi connectivity index (χ0v) is 15.1. The highest BCUT2D eigenvalue weighted by Crippen LogP contribution is 2.32. The predicted octanol–water partition coefficient (Wildman–Crippen LogP) is 6.34. The van der Waals surface area contributed by atoms with Gasteiger partial charge in [-0.2, -0.15) is 0 Å². The minimum Gasteiger partial charge on any atom is -0.503 e. The fraction of sp³-hybridized carbons (Fsp3) is 0. The molecule has 0 unspecified atom stereocenters. The van der Waals surface area contributed by atoms with E-state index in [9.17, 15) is 18.3 Å². The van der Waals surface area contributed by atoms with Crippen LogP contribution in [0.5, 0.6) is 5.75 Å². The van der Waals surface area contributed by atoms with Crippen molar-refractivity contribution in [3.8, 4) is 28.1 Å². The number of rotatable bonds is 4. The maximum atomic E-state index is 13.8. The molecule has 0 spiro atoms. The van der Waals surface area contributed by atoms with E-state index in [1.807, 2.05) is 6.07 Å². The molecule has 3 nitrogen and oxygen atoms in total. The first kappa shape index (κ1) is 18.1. The zero-order chi connectivity index (χ0) is 19.7. The van der Waals surface area contributed by atoms with Gasteiger partial charge in [-0.25, -0.2) is 18.2 Å². The third-order valence-corrected chi connectivity index (χ3v) is 4.89. The van der Waals surface area contributed by atoms with Crippen molar-refractivity contribution in [2.24, 2.45) is 0 Å². The van der Waals surface area contributed by atoms with Crippen molar-refractivity contribution in [1.29, 1.82) is 0 Å². The molecule has 0 amide bonds. The van der Waals surface area contributed by atoms with Crippen molar-refractivity contribution >= 4 is 22.2 Å². The van der Waals surface area contributed by atoms with Crippen LogP contribution in [0.4, 0.5) is 24.0 Å². The highest BCUT2D eigenvalue weighted by Gasteiger charge is 2.12. The van der Waals surface area contributed by atoms with Crippen LogP contribution in [0.15, 0.2) is 66.0 Å². The Morgan fingerprint density at radius 3 is 2.25 bits per heavy atom. The van der Waals surface area contributed by atoms with Crippen LogP contribution >= 0.6 is 11.3 Å². The van der Waals surface area contributed by atoms with Crippen molar-refractivity contribution in [3.05, 3.63) is 83.5 Å². The van der Waals surface area contributed by atoms with E-state index in [1.54, 1.807) is 41.8 Å². The molecule has 0 atom stereocenters. The molecule has 0 saturated carbocycles. The lowest BCUT2D eigenvalue weighted by Gasteiger charge is -2.06. The van der Waals surface area contributed by atoms with Gasteiger partial charge in [0.1, 0.15) is 5.82 Å². The molecule has 0 saturated heterocycles. The van der Waals surface area contributed by atoms with Crippen LogP contribution < -0.4 is 5.32 Å². The Kier molecular flexibility index (Phi) is 4.75. The zero-order valence-electron chi connectivity index (χ0n) is 14.3. The second-order valence-corrected chi connectivity index (χ2v) is 6.87. The Bertz CT molecular complexity index is 1140. The second kappa shape index (κ2) is 7.36. The van der Waals surface area contributed by atoms with Gasteiger partial charge in [-0.15, -0.1) is 11.3 Å². The average molecular weight is 398 g/mol. The summed E-state index contributed by atoms with van der Waals surface area (Å²) in [5.74, 6) is -3.42. The number of halogens is 3. The maximum absolute atomic E-state index is 13.8. The number of phenols is 1. The summed E-state index contributed by atoms with van der Waals surface area (Å²) in [6, 6.07) is 15.5. The molecule has 4 aromatic rings. The van der Waals surface area contributed by atoms with Gasteiger partial charge in [0.2, 0.25) is 0 Å². The Morgan fingerprint density at radius 2 is 1.50 bits per heavy atom. The lowest BCUT2D eigenvalue weighted by atomic mass is 10.0. The first-order valence-electron chi connectivity index (χ1n) is 8.27. The van der Waals surface area contributed by atoms with Gasteiger partial charge >= 0.3 is 0 Å². The fourth-order valence-electron chi connectivity index (χ4n) is 2.73. The Hall–Kier alpha value is -3.32. The van der Waals surface area contributed by atoms with Gasteiger partial charge in [-0.1, -0.05) is 30.3 Å². The standard InChI is InChI=1S/C21H13F3N2OS/c22-15-6-1-2-7-18(15)25-21-26-19(11-28-21)13-5-3-4-12(8-13)14-9-16(23)20(27)17(24)10-14/h1-11,27H,(H,25,26). The maximum Gasteiger partial charge on any atom is 0.187 e. The summed E-state index contributed by atoms with van der Waals surface area (Å²) >= 11 is 1.31. The van der Waals surface area contributed by atoms with Crippen molar-refractivity contribution in [2.45, 2.75) is 0 Å². The predicted molar refractivity (Wildman–Crippen MR) is 104 cm³/mol. The smallest absolute Gasteiger partial charge is 0.187 e. The van der Waals surface area contributed by atoms with Crippen LogP contribution in [0, 0.1) is 17.5 Å². The van der Waals surface area contributed by atoms with Gasteiger partial charge in [-0.3, -0.25) is 0 Å². The molecular weight excluding hydrogens is 385 g/mol. The molecule has 1 heterocycles. The van der Waals surface area contributed by atoms with E-state index in [0.29, 0.717) is 27.6 Å². The number of nitrogens with zero attached hydrogens (tertiary/aromatic N) is 1. The van der Waals surface area contributed by atoms with E-state index in [1.165, 1.54) is 17.4 Å². The van der Waals surface area contributed by atoms with Crippen molar-refractivity contribution in [3.63, 3.8) is 0 Å². The Balaban J connectivity index is 1.64. The fourth-order valence-corrected chi connectivity index (χ4v) is 3.46. The summed E-state index contributed by atoms with van der Waals surface area (Å²) in [4.78, 5) is 4.45. The Labute approximate surface area is 162 Å². The number of hydrogen-bond acceptors (Lipinski definition) is 4. The van der Waals surface area contributed by atoms with E-state index in [0.717, 1.165) is 17.7 Å². The number of benzene rings is 3. The number of hydrogen-bond donors (Lipinski definition) is 2. The highest BCUT2D eigenvalue weighted by atomic mass is 32.1. The van der Waals surface area contributed by atoms with Gasteiger partial charge < -0.3 is 10.4 Å². The molecule has 1 aromatic heterocycles. The summed E-state index contributed by atoms with van der Waals surface area (Å²) in [5.41, 5.74) is 2.59. The molecule has 0 aliphatic rings. The van der Waals surface area contributed by atoms with Crippen LogP contribution in [0.25, 0.3) is 22.4 Å². The van der Waals surface area contributed by atoms with E-state index in [-0.39, 0.29) is 5.82 Å². The van der Waals surface area contributed by atoms with E-state index < -0.39 is 17.4 Å². The third kappa shape index (κ3) is 3.57. The van der Waals surface area contributed by atoms with Gasteiger partial charge in [-0.05, 0) is 41.5 Å². The molecule has 0 aliphatic heterocycles. The molecule has 4 rings (SSSR count). The minimum atomic E-state index is -1.02. The van der Waals surface area contributed by atoms with E-state index in [2.05, 4.69) is 10.3 Å². The molecular formula is C21H13F3N2OS. The van der Waals surface area contributed by atoms with Gasteiger partial charge in [0.05, 0.1) is 11.4 Å². The van der Waals surface area contributed by atoms with E-state index >= 15 is 0 Å². The summed E-state index contributed by atoms with van der Waals surface area (Å²) < 4.78 is 41.1. The number of phenolic OH excluding ortho intramolecular Hbond substituents is 1. The molecule has 28 heavy (non-hydrogen) atoms.